The Bertz CT molecular complexity index is 832. The van der Waals surface area contributed by atoms with E-state index in [1.807, 2.05) is 42.2 Å². The number of hydrogen-bond donors (Lipinski definition) is 1. The fraction of sp³-hybridized carbons (Fsp3) is 0.500. The van der Waals surface area contributed by atoms with E-state index < -0.39 is 6.10 Å². The van der Waals surface area contributed by atoms with Gasteiger partial charge in [0, 0.05) is 16.5 Å². The molecule has 3 atom stereocenters. The Balaban J connectivity index is 1.61. The molecule has 0 saturated carbocycles. The van der Waals surface area contributed by atoms with Gasteiger partial charge in [0.25, 0.3) is 0 Å². The van der Waals surface area contributed by atoms with Crippen molar-refractivity contribution in [2.45, 2.75) is 64.7 Å². The van der Waals surface area contributed by atoms with E-state index >= 15 is 0 Å². The standard InChI is InChI=1S/C24H31NO4S/c1-3-4-5-6-23(27)18-7-9-19(10-8-18)25-20(13-17(2)24(25)28)15-29-16-22-12-11-21(14-26)30-22/h7-12,14,17,20,23,27H,3-6,13,15-16H2,1-2H3/t17?,20-,23+/m1/s1. The number of hydrogen-bond acceptors (Lipinski definition) is 5. The number of anilines is 1. The summed E-state index contributed by atoms with van der Waals surface area (Å²) in [6.07, 6.45) is 5.17. The molecule has 1 fully saturated rings. The van der Waals surface area contributed by atoms with E-state index in [1.54, 1.807) is 6.07 Å². The Kier molecular flexibility index (Phi) is 8.19. The lowest BCUT2D eigenvalue weighted by Gasteiger charge is -2.25. The molecule has 1 N–H and O–H groups in total. The van der Waals surface area contributed by atoms with Crippen molar-refractivity contribution >= 4 is 29.2 Å². The van der Waals surface area contributed by atoms with E-state index in [9.17, 15) is 14.7 Å². The number of ether oxygens (including phenoxy) is 1. The Labute approximate surface area is 182 Å². The van der Waals surface area contributed by atoms with Gasteiger partial charge in [-0.15, -0.1) is 11.3 Å². The molecule has 0 spiro atoms. The van der Waals surface area contributed by atoms with Crippen molar-refractivity contribution in [3.63, 3.8) is 0 Å². The van der Waals surface area contributed by atoms with Crippen LogP contribution in [0.4, 0.5) is 5.69 Å². The highest BCUT2D eigenvalue weighted by Crippen LogP contribution is 2.32. The van der Waals surface area contributed by atoms with Crippen molar-refractivity contribution in [3.8, 4) is 0 Å². The number of benzene rings is 1. The maximum Gasteiger partial charge on any atom is 0.230 e. The second kappa shape index (κ2) is 10.8. The lowest BCUT2D eigenvalue weighted by Crippen LogP contribution is -2.36. The van der Waals surface area contributed by atoms with Gasteiger partial charge >= 0.3 is 0 Å². The minimum Gasteiger partial charge on any atom is -0.388 e. The van der Waals surface area contributed by atoms with Crippen LogP contribution in [0.2, 0.25) is 0 Å². The topological polar surface area (TPSA) is 66.8 Å². The zero-order valence-corrected chi connectivity index (χ0v) is 18.6. The SMILES string of the molecule is CCCCC[C@H](O)c1ccc(N2C(=O)C(C)C[C@@H]2COCc2ccc(C=O)s2)cc1. The molecule has 0 aliphatic carbocycles. The molecule has 0 bridgehead atoms. The van der Waals surface area contributed by atoms with Crippen LogP contribution in [0.5, 0.6) is 0 Å². The average Bonchev–Trinajstić information content (AvgIpc) is 3.32. The highest BCUT2D eigenvalue weighted by Gasteiger charge is 2.37. The first-order valence-corrected chi connectivity index (χ1v) is 11.6. The lowest BCUT2D eigenvalue weighted by atomic mass is 10.0. The van der Waals surface area contributed by atoms with E-state index in [0.717, 1.165) is 54.5 Å². The number of unbranched alkanes of at least 4 members (excludes halogenated alkanes) is 2. The molecule has 5 nitrogen and oxygen atoms in total. The number of thiophene rings is 1. The zero-order valence-electron chi connectivity index (χ0n) is 17.8. The van der Waals surface area contributed by atoms with Gasteiger partial charge in [-0.3, -0.25) is 9.59 Å². The van der Waals surface area contributed by atoms with Crippen molar-refractivity contribution in [1.82, 2.24) is 0 Å². The number of amides is 1. The monoisotopic (exact) mass is 429 g/mol. The van der Waals surface area contributed by atoms with Crippen LogP contribution in [0.25, 0.3) is 0 Å². The molecule has 0 radical (unpaired) electrons. The highest BCUT2D eigenvalue weighted by molar-refractivity contribution is 7.13. The Hall–Kier alpha value is -2.02. The predicted octanol–water partition coefficient (Wildman–Crippen LogP) is 5.13. The molecule has 1 aliphatic rings. The number of nitrogens with zero attached hydrogens (tertiary/aromatic N) is 1. The Morgan fingerprint density at radius 2 is 2.00 bits per heavy atom. The minimum absolute atomic E-state index is 0.0154. The van der Waals surface area contributed by atoms with Gasteiger partial charge in [0.05, 0.1) is 30.2 Å². The molecule has 1 aliphatic heterocycles. The normalized spacial score (nSPS) is 20.0. The molecule has 1 aromatic heterocycles. The second-order valence-electron chi connectivity index (χ2n) is 8.04. The Morgan fingerprint density at radius 1 is 1.23 bits per heavy atom. The van der Waals surface area contributed by atoms with Gasteiger partial charge in [-0.25, -0.2) is 0 Å². The average molecular weight is 430 g/mol. The van der Waals surface area contributed by atoms with E-state index in [0.29, 0.717) is 18.1 Å². The molecule has 3 rings (SSSR count). The zero-order chi connectivity index (χ0) is 21.5. The van der Waals surface area contributed by atoms with Crippen molar-refractivity contribution in [1.29, 1.82) is 0 Å². The number of aliphatic hydroxyl groups is 1. The third kappa shape index (κ3) is 5.56. The van der Waals surface area contributed by atoms with Crippen LogP contribution in [0.3, 0.4) is 0 Å². The first-order valence-electron chi connectivity index (χ1n) is 10.8. The summed E-state index contributed by atoms with van der Waals surface area (Å²) in [5, 5.41) is 10.4. The van der Waals surface area contributed by atoms with E-state index in [2.05, 4.69) is 6.92 Å². The van der Waals surface area contributed by atoms with Crippen LogP contribution in [0.15, 0.2) is 36.4 Å². The van der Waals surface area contributed by atoms with Gasteiger partial charge < -0.3 is 14.7 Å². The van der Waals surface area contributed by atoms with Gasteiger partial charge in [-0.1, -0.05) is 45.2 Å². The molecular weight excluding hydrogens is 398 g/mol. The van der Waals surface area contributed by atoms with Crippen molar-refractivity contribution < 1.29 is 19.4 Å². The van der Waals surface area contributed by atoms with E-state index in [4.69, 9.17) is 4.74 Å². The highest BCUT2D eigenvalue weighted by atomic mass is 32.1. The molecule has 1 unspecified atom stereocenters. The fourth-order valence-corrected chi connectivity index (χ4v) is 4.72. The molecule has 162 valence electrons. The van der Waals surface area contributed by atoms with Gasteiger partial charge in [0.2, 0.25) is 5.91 Å². The van der Waals surface area contributed by atoms with Crippen LogP contribution in [0.1, 0.15) is 72.2 Å². The summed E-state index contributed by atoms with van der Waals surface area (Å²) < 4.78 is 5.89. The van der Waals surface area contributed by atoms with Gasteiger partial charge in [-0.05, 0) is 42.7 Å². The summed E-state index contributed by atoms with van der Waals surface area (Å²) in [6, 6.07) is 11.4. The van der Waals surface area contributed by atoms with E-state index in [1.165, 1.54) is 11.3 Å². The lowest BCUT2D eigenvalue weighted by molar-refractivity contribution is -0.120. The van der Waals surface area contributed by atoms with Crippen LogP contribution in [0, 0.1) is 5.92 Å². The molecule has 2 aromatic rings. The summed E-state index contributed by atoms with van der Waals surface area (Å²) in [7, 11) is 0. The number of aliphatic hydroxyl groups excluding tert-OH is 1. The van der Waals surface area contributed by atoms with Crippen LogP contribution >= 0.6 is 11.3 Å². The number of rotatable bonds is 11. The third-order valence-electron chi connectivity index (χ3n) is 5.64. The summed E-state index contributed by atoms with van der Waals surface area (Å²) in [5.41, 5.74) is 1.74. The van der Waals surface area contributed by atoms with Crippen LogP contribution < -0.4 is 4.90 Å². The third-order valence-corrected chi connectivity index (χ3v) is 6.62. The largest absolute Gasteiger partial charge is 0.388 e. The summed E-state index contributed by atoms with van der Waals surface area (Å²) in [4.78, 5) is 27.1. The first kappa shape index (κ1) is 22.7. The number of aldehydes is 1. The summed E-state index contributed by atoms with van der Waals surface area (Å²) in [6.45, 7) is 5.00. The second-order valence-corrected chi connectivity index (χ2v) is 9.24. The number of carbonyl (C=O) groups is 2. The molecule has 6 heteroatoms. The molecule has 1 saturated heterocycles. The smallest absolute Gasteiger partial charge is 0.230 e. The number of carbonyl (C=O) groups excluding carboxylic acids is 2. The van der Waals surface area contributed by atoms with Crippen molar-refractivity contribution in [2.24, 2.45) is 5.92 Å². The quantitative estimate of drug-likeness (QED) is 0.397. The first-order chi connectivity index (χ1) is 14.5. The van der Waals surface area contributed by atoms with Crippen molar-refractivity contribution in [2.75, 3.05) is 11.5 Å². The molecular formula is C24H31NO4S. The van der Waals surface area contributed by atoms with Crippen LogP contribution in [-0.4, -0.2) is 29.9 Å². The maximum atomic E-state index is 12.8. The van der Waals surface area contributed by atoms with Gasteiger partial charge in [0.15, 0.2) is 6.29 Å². The molecule has 2 heterocycles. The maximum absolute atomic E-state index is 12.8. The molecule has 30 heavy (non-hydrogen) atoms. The van der Waals surface area contributed by atoms with E-state index in [-0.39, 0.29) is 17.9 Å². The summed E-state index contributed by atoms with van der Waals surface area (Å²) in [5.74, 6) is 0.0699. The molecule has 1 aromatic carbocycles. The van der Waals surface area contributed by atoms with Crippen molar-refractivity contribution in [3.05, 3.63) is 51.7 Å². The predicted molar refractivity (Wildman–Crippen MR) is 120 cm³/mol. The molecule has 1 amide bonds. The van der Waals surface area contributed by atoms with Gasteiger partial charge in [0.1, 0.15) is 0 Å². The minimum atomic E-state index is -0.458. The summed E-state index contributed by atoms with van der Waals surface area (Å²) >= 11 is 1.43. The fourth-order valence-electron chi connectivity index (χ4n) is 3.95. The van der Waals surface area contributed by atoms with Gasteiger partial charge in [-0.2, -0.15) is 0 Å². The van der Waals surface area contributed by atoms with Crippen LogP contribution in [-0.2, 0) is 16.1 Å². The Morgan fingerprint density at radius 3 is 2.67 bits per heavy atom.